The Morgan fingerprint density at radius 3 is 2.25 bits per heavy atom. The first-order valence-corrected chi connectivity index (χ1v) is 7.23. The van der Waals surface area contributed by atoms with Crippen LogP contribution in [-0.4, -0.2) is 21.4 Å². The largest absolute Gasteiger partial charge is 0.496 e. The summed E-state index contributed by atoms with van der Waals surface area (Å²) in [4.78, 5) is 11.5. The Kier molecular flexibility index (Phi) is 3.76. The molecule has 0 aromatic heterocycles. The molecule has 2 N–H and O–H groups in total. The van der Waals surface area contributed by atoms with E-state index in [9.17, 15) is 13.2 Å². The molecule has 2 rings (SSSR count). The molecular formula is C14H13NO4S. The number of rotatable bonds is 4. The molecule has 6 heteroatoms. The van der Waals surface area contributed by atoms with Crippen molar-refractivity contribution in [2.24, 2.45) is 5.73 Å². The highest BCUT2D eigenvalue weighted by Crippen LogP contribution is 2.26. The molecule has 0 radical (unpaired) electrons. The van der Waals surface area contributed by atoms with Gasteiger partial charge in [0.05, 0.1) is 22.5 Å². The first-order valence-electron chi connectivity index (χ1n) is 5.75. The third kappa shape index (κ3) is 2.50. The highest BCUT2D eigenvalue weighted by molar-refractivity contribution is 7.91. The monoisotopic (exact) mass is 291 g/mol. The molecule has 0 fully saturated rings. The number of nitrogens with two attached hydrogens (primary N) is 1. The van der Waals surface area contributed by atoms with Crippen LogP contribution in [0.1, 0.15) is 10.4 Å². The summed E-state index contributed by atoms with van der Waals surface area (Å²) in [5.41, 5.74) is 5.26. The van der Waals surface area contributed by atoms with Gasteiger partial charge in [-0.2, -0.15) is 0 Å². The number of methoxy groups -OCH3 is 1. The van der Waals surface area contributed by atoms with Crippen molar-refractivity contribution in [1.29, 1.82) is 0 Å². The second-order valence-electron chi connectivity index (χ2n) is 4.04. The fraction of sp³-hybridized carbons (Fsp3) is 0.0714. The zero-order valence-electron chi connectivity index (χ0n) is 10.7. The minimum Gasteiger partial charge on any atom is -0.496 e. The molecule has 0 saturated carbocycles. The summed E-state index contributed by atoms with van der Waals surface area (Å²) >= 11 is 0. The third-order valence-electron chi connectivity index (χ3n) is 2.80. The number of benzene rings is 2. The fourth-order valence-corrected chi connectivity index (χ4v) is 3.09. The number of hydrogen-bond acceptors (Lipinski definition) is 4. The summed E-state index contributed by atoms with van der Waals surface area (Å²) in [6.45, 7) is 0. The lowest BCUT2D eigenvalue weighted by Crippen LogP contribution is -2.14. The van der Waals surface area contributed by atoms with E-state index < -0.39 is 15.7 Å². The van der Waals surface area contributed by atoms with E-state index >= 15 is 0 Å². The van der Waals surface area contributed by atoms with Crippen molar-refractivity contribution >= 4 is 15.7 Å². The normalized spacial score (nSPS) is 11.1. The molecule has 0 spiro atoms. The van der Waals surface area contributed by atoms with Gasteiger partial charge in [0.1, 0.15) is 5.75 Å². The Morgan fingerprint density at radius 1 is 1.05 bits per heavy atom. The number of carbonyl (C=O) groups is 1. The molecule has 2 aromatic rings. The molecule has 2 aromatic carbocycles. The highest BCUT2D eigenvalue weighted by atomic mass is 32.2. The maximum absolute atomic E-state index is 12.4. The van der Waals surface area contributed by atoms with Gasteiger partial charge in [-0.15, -0.1) is 0 Å². The molecule has 0 aliphatic rings. The highest BCUT2D eigenvalue weighted by Gasteiger charge is 2.20. The summed E-state index contributed by atoms with van der Waals surface area (Å²) in [6, 6.07) is 12.0. The van der Waals surface area contributed by atoms with Crippen LogP contribution in [0.4, 0.5) is 0 Å². The minimum atomic E-state index is -3.68. The van der Waals surface area contributed by atoms with E-state index in [0.717, 1.165) is 0 Å². The van der Waals surface area contributed by atoms with Crippen molar-refractivity contribution in [3.63, 3.8) is 0 Å². The van der Waals surface area contributed by atoms with Gasteiger partial charge in [0.15, 0.2) is 0 Å². The average molecular weight is 291 g/mol. The number of carbonyl (C=O) groups excluding carboxylic acids is 1. The first-order chi connectivity index (χ1) is 9.46. The van der Waals surface area contributed by atoms with Crippen LogP contribution in [0.25, 0.3) is 0 Å². The molecule has 20 heavy (non-hydrogen) atoms. The van der Waals surface area contributed by atoms with Crippen LogP contribution >= 0.6 is 0 Å². The minimum absolute atomic E-state index is 0.00157. The summed E-state index contributed by atoms with van der Waals surface area (Å²) in [7, 11) is -2.30. The van der Waals surface area contributed by atoms with Gasteiger partial charge >= 0.3 is 0 Å². The van der Waals surface area contributed by atoms with Gasteiger partial charge in [0.2, 0.25) is 9.84 Å². The van der Waals surface area contributed by atoms with Gasteiger partial charge in [0, 0.05) is 0 Å². The van der Waals surface area contributed by atoms with E-state index in [0.29, 0.717) is 0 Å². The van der Waals surface area contributed by atoms with Gasteiger partial charge < -0.3 is 10.5 Å². The SMILES string of the molecule is COc1ccc(S(=O)(=O)c2ccccc2)cc1C(N)=O. The lowest BCUT2D eigenvalue weighted by Gasteiger charge is -2.09. The van der Waals surface area contributed by atoms with Crippen LogP contribution in [0.5, 0.6) is 5.75 Å². The molecule has 0 saturated heterocycles. The molecule has 0 aliphatic carbocycles. The second-order valence-corrected chi connectivity index (χ2v) is 5.99. The van der Waals surface area contributed by atoms with E-state index in [1.54, 1.807) is 18.2 Å². The standard InChI is InChI=1S/C14H13NO4S/c1-19-13-8-7-11(9-12(13)14(15)16)20(17,18)10-5-3-2-4-6-10/h2-9H,1H3,(H2,15,16). The number of sulfone groups is 1. The predicted octanol–water partition coefficient (Wildman–Crippen LogP) is 1.63. The maximum atomic E-state index is 12.4. The van der Waals surface area contributed by atoms with Crippen LogP contribution in [0.3, 0.4) is 0 Å². The molecule has 0 unspecified atom stereocenters. The summed E-state index contributed by atoms with van der Waals surface area (Å²) in [5, 5.41) is 0. The molecule has 0 atom stereocenters. The predicted molar refractivity (Wildman–Crippen MR) is 73.4 cm³/mol. The van der Waals surface area contributed by atoms with Gasteiger partial charge in [-0.1, -0.05) is 18.2 Å². The zero-order valence-corrected chi connectivity index (χ0v) is 11.6. The lowest BCUT2D eigenvalue weighted by atomic mass is 10.2. The van der Waals surface area contributed by atoms with Gasteiger partial charge in [-0.05, 0) is 30.3 Å². The van der Waals surface area contributed by atoms with E-state index in [1.165, 1.54) is 37.4 Å². The number of ether oxygens (including phenoxy) is 1. The molecule has 104 valence electrons. The Labute approximate surface area is 116 Å². The van der Waals surface area contributed by atoms with Crippen molar-refractivity contribution in [1.82, 2.24) is 0 Å². The second kappa shape index (κ2) is 5.34. The zero-order chi connectivity index (χ0) is 14.8. The average Bonchev–Trinajstić information content (AvgIpc) is 2.47. The number of hydrogen-bond donors (Lipinski definition) is 1. The Bertz CT molecular complexity index is 739. The molecule has 1 amide bonds. The summed E-state index contributed by atoms with van der Waals surface area (Å²) in [5.74, 6) is -0.503. The Hall–Kier alpha value is -2.34. The fourth-order valence-electron chi connectivity index (χ4n) is 1.78. The van der Waals surface area contributed by atoms with Crippen LogP contribution in [0, 0.1) is 0 Å². The first kappa shape index (κ1) is 14.1. The van der Waals surface area contributed by atoms with Crippen molar-refractivity contribution < 1.29 is 17.9 Å². The van der Waals surface area contributed by atoms with Crippen LogP contribution < -0.4 is 10.5 Å². The van der Waals surface area contributed by atoms with Gasteiger partial charge in [-0.3, -0.25) is 4.79 Å². The van der Waals surface area contributed by atoms with Crippen LogP contribution in [-0.2, 0) is 9.84 Å². The van der Waals surface area contributed by atoms with Crippen molar-refractivity contribution in [3.8, 4) is 5.75 Å². The molecular weight excluding hydrogens is 278 g/mol. The third-order valence-corrected chi connectivity index (χ3v) is 4.57. The number of amides is 1. The number of primary amides is 1. The van der Waals surface area contributed by atoms with E-state index in [1.807, 2.05) is 0 Å². The molecule has 0 aliphatic heterocycles. The molecule has 0 bridgehead atoms. The van der Waals surface area contributed by atoms with Crippen LogP contribution in [0.2, 0.25) is 0 Å². The molecule has 5 nitrogen and oxygen atoms in total. The Balaban J connectivity index is 2.59. The van der Waals surface area contributed by atoms with Crippen molar-refractivity contribution in [2.45, 2.75) is 9.79 Å². The van der Waals surface area contributed by atoms with Gasteiger partial charge in [0.25, 0.3) is 5.91 Å². The lowest BCUT2D eigenvalue weighted by molar-refractivity contribution is 0.0997. The van der Waals surface area contributed by atoms with Crippen molar-refractivity contribution in [3.05, 3.63) is 54.1 Å². The van der Waals surface area contributed by atoms with Crippen molar-refractivity contribution in [2.75, 3.05) is 7.11 Å². The van der Waals surface area contributed by atoms with Gasteiger partial charge in [-0.25, -0.2) is 8.42 Å². The Morgan fingerprint density at radius 2 is 1.70 bits per heavy atom. The van der Waals surface area contributed by atoms with E-state index in [-0.39, 0.29) is 21.1 Å². The smallest absolute Gasteiger partial charge is 0.252 e. The van der Waals surface area contributed by atoms with E-state index in [2.05, 4.69) is 0 Å². The van der Waals surface area contributed by atoms with Crippen LogP contribution in [0.15, 0.2) is 58.3 Å². The maximum Gasteiger partial charge on any atom is 0.252 e. The summed E-state index contributed by atoms with van der Waals surface area (Å²) in [6.07, 6.45) is 0. The van der Waals surface area contributed by atoms with E-state index in [4.69, 9.17) is 10.5 Å². The molecule has 0 heterocycles. The quantitative estimate of drug-likeness (QED) is 0.927. The topological polar surface area (TPSA) is 86.5 Å². The summed E-state index contributed by atoms with van der Waals surface area (Å²) < 4.78 is 29.8.